The molecule has 0 aromatic heterocycles. The lowest BCUT2D eigenvalue weighted by Gasteiger charge is -2.30. The number of para-hydroxylation sites is 1. The number of anilines is 1. The highest BCUT2D eigenvalue weighted by atomic mass is 32.1. The van der Waals surface area contributed by atoms with E-state index in [1.165, 1.54) is 4.90 Å². The monoisotopic (exact) mass is 432 g/mol. The van der Waals surface area contributed by atoms with E-state index in [-0.39, 0.29) is 10.7 Å². The van der Waals surface area contributed by atoms with Gasteiger partial charge in [-0.15, -0.1) is 0 Å². The van der Waals surface area contributed by atoms with Crippen LogP contribution in [0.2, 0.25) is 0 Å². The van der Waals surface area contributed by atoms with Crippen molar-refractivity contribution in [2.45, 2.75) is 6.92 Å². The van der Waals surface area contributed by atoms with Gasteiger partial charge in [-0.3, -0.25) is 19.8 Å². The summed E-state index contributed by atoms with van der Waals surface area (Å²) in [6, 6.07) is 16.7. The molecule has 0 unspecified atom stereocenters. The predicted octanol–water partition coefficient (Wildman–Crippen LogP) is 4.00. The Morgan fingerprint density at radius 3 is 2.45 bits per heavy atom. The topological polar surface area (TPSA) is 67.9 Å². The molecule has 2 amide bonds. The van der Waals surface area contributed by atoms with Crippen LogP contribution in [0.4, 0.5) is 5.69 Å². The lowest BCUT2D eigenvalue weighted by atomic mass is 9.99. The second-order valence-corrected chi connectivity index (χ2v) is 7.40. The van der Waals surface area contributed by atoms with Crippen molar-refractivity contribution >= 4 is 51.7 Å². The molecule has 1 fully saturated rings. The van der Waals surface area contributed by atoms with Gasteiger partial charge in [0.05, 0.1) is 19.9 Å². The first kappa shape index (κ1) is 20.6. The minimum absolute atomic E-state index is 0.0366. The molecule has 31 heavy (non-hydrogen) atoms. The molecule has 4 rings (SSSR count). The summed E-state index contributed by atoms with van der Waals surface area (Å²) in [4.78, 5) is 27.5. The van der Waals surface area contributed by atoms with Crippen molar-refractivity contribution in [2.24, 2.45) is 0 Å². The number of hydrogen-bond donors (Lipinski definition) is 1. The number of ether oxygens (including phenoxy) is 2. The number of hydrogen-bond acceptors (Lipinski definition) is 5. The molecule has 0 atom stereocenters. The van der Waals surface area contributed by atoms with Crippen LogP contribution in [0.15, 0.2) is 60.2 Å². The van der Waals surface area contributed by atoms with Crippen molar-refractivity contribution in [1.82, 2.24) is 5.32 Å². The normalized spacial score (nSPS) is 15.4. The summed E-state index contributed by atoms with van der Waals surface area (Å²) < 4.78 is 10.9. The fraction of sp³-hybridized carbons (Fsp3) is 0.125. The maximum absolute atomic E-state index is 13.4. The van der Waals surface area contributed by atoms with Crippen LogP contribution in [0, 0.1) is 6.92 Å². The van der Waals surface area contributed by atoms with Crippen LogP contribution in [-0.4, -0.2) is 31.1 Å². The first-order valence-electron chi connectivity index (χ1n) is 9.56. The summed E-state index contributed by atoms with van der Waals surface area (Å²) in [5.74, 6) is 0.138. The predicted molar refractivity (Wildman–Crippen MR) is 124 cm³/mol. The van der Waals surface area contributed by atoms with E-state index in [4.69, 9.17) is 21.7 Å². The number of thiocarbonyl (C=S) groups is 1. The summed E-state index contributed by atoms with van der Waals surface area (Å²) >= 11 is 5.30. The van der Waals surface area contributed by atoms with Crippen molar-refractivity contribution in [2.75, 3.05) is 19.1 Å². The molecular weight excluding hydrogens is 412 g/mol. The summed E-state index contributed by atoms with van der Waals surface area (Å²) in [6.45, 7) is 1.88. The Hall–Kier alpha value is -3.71. The molecule has 1 aliphatic heterocycles. The number of amides is 2. The van der Waals surface area contributed by atoms with Gasteiger partial charge >= 0.3 is 0 Å². The summed E-state index contributed by atoms with van der Waals surface area (Å²) in [5, 5.41) is 4.39. The Balaban J connectivity index is 1.90. The number of carbonyl (C=O) groups excluding carboxylic acids is 2. The van der Waals surface area contributed by atoms with E-state index in [1.807, 2.05) is 49.4 Å². The second-order valence-electron chi connectivity index (χ2n) is 7.01. The first-order chi connectivity index (χ1) is 14.9. The fourth-order valence-electron chi connectivity index (χ4n) is 3.59. The molecule has 0 saturated carbocycles. The Bertz CT molecular complexity index is 1260. The molecule has 3 aromatic carbocycles. The second kappa shape index (κ2) is 8.20. The van der Waals surface area contributed by atoms with E-state index in [1.54, 1.807) is 32.4 Å². The number of nitrogens with one attached hydrogen (secondary N) is 1. The van der Waals surface area contributed by atoms with Crippen LogP contribution in [0.3, 0.4) is 0 Å². The molecule has 156 valence electrons. The molecule has 3 aromatic rings. The van der Waals surface area contributed by atoms with Crippen LogP contribution >= 0.6 is 12.2 Å². The van der Waals surface area contributed by atoms with Gasteiger partial charge < -0.3 is 9.47 Å². The summed E-state index contributed by atoms with van der Waals surface area (Å²) in [7, 11) is 3.12. The van der Waals surface area contributed by atoms with Crippen molar-refractivity contribution in [3.8, 4) is 11.5 Å². The van der Waals surface area contributed by atoms with E-state index < -0.39 is 11.8 Å². The van der Waals surface area contributed by atoms with Crippen molar-refractivity contribution in [1.29, 1.82) is 0 Å². The molecule has 0 radical (unpaired) electrons. The van der Waals surface area contributed by atoms with Gasteiger partial charge in [0.15, 0.2) is 5.11 Å². The van der Waals surface area contributed by atoms with Crippen molar-refractivity contribution in [3.63, 3.8) is 0 Å². The highest BCUT2D eigenvalue weighted by Gasteiger charge is 2.35. The van der Waals surface area contributed by atoms with Gasteiger partial charge in [0, 0.05) is 5.56 Å². The maximum atomic E-state index is 13.4. The van der Waals surface area contributed by atoms with Gasteiger partial charge in [0.25, 0.3) is 11.8 Å². The highest BCUT2D eigenvalue weighted by molar-refractivity contribution is 7.80. The third-order valence-electron chi connectivity index (χ3n) is 5.20. The van der Waals surface area contributed by atoms with Crippen LogP contribution in [-0.2, 0) is 9.59 Å². The van der Waals surface area contributed by atoms with Crippen LogP contribution in [0.1, 0.15) is 11.1 Å². The van der Waals surface area contributed by atoms with Crippen LogP contribution < -0.4 is 19.7 Å². The molecule has 6 nitrogen and oxygen atoms in total. The Kier molecular flexibility index (Phi) is 5.44. The average Bonchev–Trinajstić information content (AvgIpc) is 2.77. The van der Waals surface area contributed by atoms with Gasteiger partial charge in [0.1, 0.15) is 17.1 Å². The summed E-state index contributed by atoms with van der Waals surface area (Å²) in [6.07, 6.45) is 1.55. The molecule has 0 spiro atoms. The number of methoxy groups -OCH3 is 2. The minimum atomic E-state index is -0.554. The van der Waals surface area contributed by atoms with Crippen LogP contribution in [0.25, 0.3) is 16.8 Å². The lowest BCUT2D eigenvalue weighted by molar-refractivity contribution is -0.122. The van der Waals surface area contributed by atoms with Crippen molar-refractivity contribution < 1.29 is 19.1 Å². The number of rotatable bonds is 4. The number of nitrogens with zero attached hydrogens (tertiary/aromatic N) is 1. The van der Waals surface area contributed by atoms with E-state index >= 15 is 0 Å². The third-order valence-corrected chi connectivity index (χ3v) is 5.48. The fourth-order valence-corrected chi connectivity index (χ4v) is 3.86. The molecule has 7 heteroatoms. The maximum Gasteiger partial charge on any atom is 0.270 e. The SMILES string of the molecule is COc1ccc2ccc(OC)c(/C=C3\C(=O)NC(=S)N(c4ccccc4C)C3=O)c2c1. The minimum Gasteiger partial charge on any atom is -0.497 e. The van der Waals surface area contributed by atoms with Gasteiger partial charge in [-0.1, -0.05) is 30.3 Å². The number of carbonyl (C=O) groups is 2. The molecule has 1 aliphatic rings. The summed E-state index contributed by atoms with van der Waals surface area (Å²) in [5.41, 5.74) is 2.05. The van der Waals surface area contributed by atoms with Crippen LogP contribution in [0.5, 0.6) is 11.5 Å². The van der Waals surface area contributed by atoms with E-state index in [0.717, 1.165) is 16.3 Å². The van der Waals surface area contributed by atoms with Crippen molar-refractivity contribution in [3.05, 3.63) is 71.3 Å². The smallest absolute Gasteiger partial charge is 0.270 e. The first-order valence-corrected chi connectivity index (χ1v) is 9.97. The van der Waals surface area contributed by atoms with Gasteiger partial charge in [0.2, 0.25) is 0 Å². The third kappa shape index (κ3) is 3.64. The van der Waals surface area contributed by atoms with E-state index in [2.05, 4.69) is 5.32 Å². The van der Waals surface area contributed by atoms with E-state index in [9.17, 15) is 9.59 Å². The lowest BCUT2D eigenvalue weighted by Crippen LogP contribution is -2.54. The average molecular weight is 433 g/mol. The highest BCUT2D eigenvalue weighted by Crippen LogP contribution is 2.34. The zero-order chi connectivity index (χ0) is 22.1. The standard InChI is InChI=1S/C24H20N2O4S/c1-14-6-4-5-7-20(14)26-23(28)19(22(27)25-24(26)31)13-18-17-12-16(29-2)10-8-15(17)9-11-21(18)30-3/h4-13H,1-3H3,(H,25,27,31)/b19-13+. The Labute approximate surface area is 185 Å². The van der Waals surface area contributed by atoms with Gasteiger partial charge in [-0.05, 0) is 65.8 Å². The molecular formula is C24H20N2O4S. The number of fused-ring (bicyclic) bond motifs is 1. The molecule has 1 saturated heterocycles. The molecule has 1 heterocycles. The molecule has 0 bridgehead atoms. The Morgan fingerprint density at radius 1 is 1.00 bits per heavy atom. The molecule has 1 N–H and O–H groups in total. The number of benzene rings is 3. The largest absolute Gasteiger partial charge is 0.497 e. The molecule has 0 aliphatic carbocycles. The Morgan fingerprint density at radius 2 is 1.74 bits per heavy atom. The zero-order valence-corrected chi connectivity index (χ0v) is 18.1. The van der Waals surface area contributed by atoms with Gasteiger partial charge in [-0.25, -0.2) is 0 Å². The van der Waals surface area contributed by atoms with E-state index in [0.29, 0.717) is 22.7 Å². The quantitative estimate of drug-likeness (QED) is 0.384. The number of aryl methyl sites for hydroxylation is 1. The zero-order valence-electron chi connectivity index (χ0n) is 17.3. The van der Waals surface area contributed by atoms with Gasteiger partial charge in [-0.2, -0.15) is 0 Å².